The van der Waals surface area contributed by atoms with E-state index >= 15 is 0 Å². The van der Waals surface area contributed by atoms with Crippen molar-refractivity contribution >= 4 is 29.1 Å². The van der Waals surface area contributed by atoms with Gasteiger partial charge in [-0.05, 0) is 18.6 Å². The van der Waals surface area contributed by atoms with Gasteiger partial charge in [0.1, 0.15) is 0 Å². The van der Waals surface area contributed by atoms with Crippen molar-refractivity contribution in [3.63, 3.8) is 0 Å². The summed E-state index contributed by atoms with van der Waals surface area (Å²) >= 11 is 6.00. The normalized spacial score (nSPS) is 19.6. The molecule has 140 valence electrons. The lowest BCUT2D eigenvalue weighted by Gasteiger charge is -2.30. The van der Waals surface area contributed by atoms with Crippen LogP contribution >= 0.6 is 11.6 Å². The summed E-state index contributed by atoms with van der Waals surface area (Å²) in [7, 11) is 0. The van der Waals surface area contributed by atoms with E-state index in [0.29, 0.717) is 49.2 Å². The van der Waals surface area contributed by atoms with Gasteiger partial charge in [0.2, 0.25) is 11.9 Å². The van der Waals surface area contributed by atoms with Crippen molar-refractivity contribution < 1.29 is 9.47 Å². The van der Waals surface area contributed by atoms with Gasteiger partial charge in [-0.15, -0.1) is 0 Å². The van der Waals surface area contributed by atoms with Crippen LogP contribution in [-0.4, -0.2) is 67.6 Å². The maximum absolute atomic E-state index is 6.00. The van der Waals surface area contributed by atoms with E-state index in [2.05, 4.69) is 26.3 Å². The quantitative estimate of drug-likeness (QED) is 0.729. The number of allylic oxidation sites excluding steroid dienone is 5. The molecule has 2 fully saturated rings. The van der Waals surface area contributed by atoms with E-state index in [-0.39, 0.29) is 0 Å². The fourth-order valence-corrected chi connectivity index (χ4v) is 2.75. The molecule has 0 aliphatic carbocycles. The molecular formula is C18H24ClN5O2. The van der Waals surface area contributed by atoms with Crippen LogP contribution in [0.3, 0.4) is 0 Å². The number of anilines is 2. The maximum atomic E-state index is 6.00. The molecule has 8 heteroatoms. The molecule has 7 nitrogen and oxygen atoms in total. The third-order valence-electron chi connectivity index (χ3n) is 4.24. The molecule has 0 atom stereocenters. The minimum absolute atomic E-state index is 0.570. The predicted octanol–water partition coefficient (Wildman–Crippen LogP) is 2.26. The Morgan fingerprint density at radius 2 is 1.42 bits per heavy atom. The lowest BCUT2D eigenvalue weighted by Crippen LogP contribution is -2.40. The Bertz CT molecular complexity index is 659. The number of halogens is 1. The summed E-state index contributed by atoms with van der Waals surface area (Å²) in [5.41, 5.74) is 0.913. The first-order valence-electron chi connectivity index (χ1n) is 8.76. The van der Waals surface area contributed by atoms with Crippen LogP contribution in [0.5, 0.6) is 0 Å². The van der Waals surface area contributed by atoms with Crippen molar-refractivity contribution in [2.24, 2.45) is 0 Å². The first-order valence-corrected chi connectivity index (χ1v) is 9.13. The van der Waals surface area contributed by atoms with Crippen LogP contribution in [0.25, 0.3) is 5.57 Å². The highest BCUT2D eigenvalue weighted by atomic mass is 35.5. The molecule has 3 heterocycles. The first kappa shape index (κ1) is 18.8. The Morgan fingerprint density at radius 1 is 0.923 bits per heavy atom. The number of nitrogens with zero attached hydrogens (tertiary/aromatic N) is 5. The summed E-state index contributed by atoms with van der Waals surface area (Å²) in [6.45, 7) is 11.4. The van der Waals surface area contributed by atoms with Crippen LogP contribution in [0.1, 0.15) is 12.7 Å². The van der Waals surface area contributed by atoms with E-state index in [0.717, 1.165) is 31.8 Å². The van der Waals surface area contributed by atoms with Crippen molar-refractivity contribution in [1.82, 2.24) is 15.0 Å². The molecule has 0 spiro atoms. The smallest absolute Gasteiger partial charge is 0.230 e. The third kappa shape index (κ3) is 4.81. The minimum Gasteiger partial charge on any atom is -0.378 e. The van der Waals surface area contributed by atoms with Crippen LogP contribution in [0.15, 0.2) is 29.8 Å². The third-order valence-corrected chi connectivity index (χ3v) is 4.52. The molecule has 0 N–H and O–H groups in total. The van der Waals surface area contributed by atoms with Crippen LogP contribution in [0, 0.1) is 0 Å². The molecule has 26 heavy (non-hydrogen) atoms. The second-order valence-electron chi connectivity index (χ2n) is 6.06. The van der Waals surface area contributed by atoms with Gasteiger partial charge in [0.05, 0.1) is 26.4 Å². The molecule has 0 radical (unpaired) electrons. The number of rotatable bonds is 5. The monoisotopic (exact) mass is 377 g/mol. The van der Waals surface area contributed by atoms with Crippen molar-refractivity contribution in [3.8, 4) is 0 Å². The van der Waals surface area contributed by atoms with Crippen molar-refractivity contribution in [3.05, 3.63) is 35.7 Å². The Hall–Kier alpha value is -1.96. The second-order valence-corrected chi connectivity index (χ2v) is 6.50. The SMILES string of the molecule is C=C/C(Cl)=C\C=C(/C)c1nc(N2CCOCC2)nc(N2CCOCC2)n1. The van der Waals surface area contributed by atoms with E-state index in [9.17, 15) is 0 Å². The summed E-state index contributed by atoms with van der Waals surface area (Å²) in [5.74, 6) is 2.02. The Kier molecular flexibility index (Phi) is 6.60. The lowest BCUT2D eigenvalue weighted by atomic mass is 10.2. The zero-order valence-corrected chi connectivity index (χ0v) is 15.8. The van der Waals surface area contributed by atoms with E-state index in [4.69, 9.17) is 26.1 Å². The molecule has 2 aliphatic rings. The zero-order valence-electron chi connectivity index (χ0n) is 15.0. The Balaban J connectivity index is 1.94. The van der Waals surface area contributed by atoms with Crippen molar-refractivity contribution in [2.75, 3.05) is 62.4 Å². The number of ether oxygens (including phenoxy) is 2. The minimum atomic E-state index is 0.570. The van der Waals surface area contributed by atoms with Gasteiger partial charge in [-0.3, -0.25) is 0 Å². The maximum Gasteiger partial charge on any atom is 0.230 e. The molecule has 0 unspecified atom stereocenters. The van der Waals surface area contributed by atoms with Gasteiger partial charge in [-0.1, -0.05) is 30.3 Å². The topological polar surface area (TPSA) is 63.6 Å². The zero-order chi connectivity index (χ0) is 18.4. The fourth-order valence-electron chi connectivity index (χ4n) is 2.69. The fraction of sp³-hybridized carbons (Fsp3) is 0.500. The molecule has 0 amide bonds. The van der Waals surface area contributed by atoms with Crippen LogP contribution in [0.4, 0.5) is 11.9 Å². The highest BCUT2D eigenvalue weighted by Gasteiger charge is 2.20. The van der Waals surface area contributed by atoms with Gasteiger partial charge >= 0.3 is 0 Å². The van der Waals surface area contributed by atoms with E-state index in [1.165, 1.54) is 0 Å². The molecular weight excluding hydrogens is 354 g/mol. The molecule has 0 aromatic carbocycles. The van der Waals surface area contributed by atoms with Gasteiger partial charge in [0.15, 0.2) is 5.82 Å². The summed E-state index contributed by atoms with van der Waals surface area (Å²) in [4.78, 5) is 18.3. The first-order chi connectivity index (χ1) is 12.7. The average Bonchev–Trinajstić information content (AvgIpc) is 2.72. The second kappa shape index (κ2) is 9.12. The van der Waals surface area contributed by atoms with Crippen molar-refractivity contribution in [1.29, 1.82) is 0 Å². The number of hydrogen-bond donors (Lipinski definition) is 0. The number of hydrogen-bond acceptors (Lipinski definition) is 7. The predicted molar refractivity (Wildman–Crippen MR) is 104 cm³/mol. The van der Waals surface area contributed by atoms with Crippen LogP contribution in [-0.2, 0) is 9.47 Å². The highest BCUT2D eigenvalue weighted by molar-refractivity contribution is 6.31. The van der Waals surface area contributed by atoms with Crippen molar-refractivity contribution in [2.45, 2.75) is 6.92 Å². The summed E-state index contributed by atoms with van der Waals surface area (Å²) in [6, 6.07) is 0. The molecule has 2 aliphatic heterocycles. The standard InChI is InChI=1S/C18H24ClN5O2/c1-3-15(19)5-4-14(2)16-20-17(23-6-10-25-11-7-23)22-18(21-16)24-8-12-26-13-9-24/h3-5H,1,6-13H2,2H3/b14-4+,15-5+. The number of morpholine rings is 2. The van der Waals surface area contributed by atoms with Gasteiger partial charge in [0, 0.05) is 31.2 Å². The van der Waals surface area contributed by atoms with Gasteiger partial charge in [-0.2, -0.15) is 15.0 Å². The van der Waals surface area contributed by atoms with Crippen LogP contribution < -0.4 is 9.80 Å². The molecule has 3 rings (SSSR count). The van der Waals surface area contributed by atoms with Gasteiger partial charge < -0.3 is 19.3 Å². The van der Waals surface area contributed by atoms with E-state index < -0.39 is 0 Å². The van der Waals surface area contributed by atoms with Crippen LogP contribution in [0.2, 0.25) is 0 Å². The lowest BCUT2D eigenvalue weighted by molar-refractivity contribution is 0.121. The molecule has 0 bridgehead atoms. The van der Waals surface area contributed by atoms with Gasteiger partial charge in [-0.25, -0.2) is 0 Å². The Labute approximate surface area is 159 Å². The summed E-state index contributed by atoms with van der Waals surface area (Å²) in [5, 5.41) is 0.570. The average molecular weight is 378 g/mol. The van der Waals surface area contributed by atoms with E-state index in [1.54, 1.807) is 12.2 Å². The Morgan fingerprint density at radius 3 is 1.88 bits per heavy atom. The molecule has 0 saturated carbocycles. The molecule has 1 aromatic heterocycles. The molecule has 1 aromatic rings. The summed E-state index contributed by atoms with van der Waals surface area (Å²) in [6.07, 6.45) is 5.28. The van der Waals surface area contributed by atoms with E-state index in [1.807, 2.05) is 13.0 Å². The largest absolute Gasteiger partial charge is 0.378 e. The molecule has 2 saturated heterocycles. The van der Waals surface area contributed by atoms with Gasteiger partial charge in [0.25, 0.3) is 0 Å². The number of aromatic nitrogens is 3. The highest BCUT2D eigenvalue weighted by Crippen LogP contribution is 2.20. The summed E-state index contributed by atoms with van der Waals surface area (Å²) < 4.78 is 10.9.